The first kappa shape index (κ1) is 10.6. The Morgan fingerprint density at radius 2 is 2.00 bits per heavy atom. The molecule has 1 rings (SSSR count). The Morgan fingerprint density at radius 1 is 1.29 bits per heavy atom. The lowest BCUT2D eigenvalue weighted by molar-refractivity contribution is -0.145. The van der Waals surface area contributed by atoms with Crippen LogP contribution in [0.4, 0.5) is 0 Å². The van der Waals surface area contributed by atoms with Crippen LogP contribution in [0.3, 0.4) is 0 Å². The Bertz CT molecular complexity index is 269. The van der Waals surface area contributed by atoms with Gasteiger partial charge in [-0.3, -0.25) is 0 Å². The first-order valence-corrected chi connectivity index (χ1v) is 4.45. The van der Waals surface area contributed by atoms with E-state index in [1.54, 1.807) is 12.1 Å². The average molecular weight is 193 g/mol. The van der Waals surface area contributed by atoms with Crippen molar-refractivity contribution in [1.29, 1.82) is 0 Å². The summed E-state index contributed by atoms with van der Waals surface area (Å²) in [6, 6.07) is 9.14. The zero-order valence-electron chi connectivity index (χ0n) is 7.94. The van der Waals surface area contributed by atoms with Crippen molar-refractivity contribution in [3.63, 3.8) is 0 Å². The van der Waals surface area contributed by atoms with Crippen molar-refractivity contribution in [1.82, 2.24) is 0 Å². The molecule has 0 heterocycles. The molecule has 1 aromatic rings. The molecule has 0 N–H and O–H groups in total. The van der Waals surface area contributed by atoms with E-state index in [2.05, 4.69) is 6.92 Å². The smallest absolute Gasteiger partial charge is 0.344 e. The molecule has 3 nitrogen and oxygen atoms in total. The van der Waals surface area contributed by atoms with E-state index in [1.165, 1.54) is 0 Å². The molecule has 0 saturated heterocycles. The molecule has 0 aliphatic heterocycles. The maximum absolute atomic E-state index is 11.0. The second kappa shape index (κ2) is 6.02. The Balaban J connectivity index is 2.24. The molecule has 0 aromatic heterocycles. The number of para-hydroxylation sites is 1. The van der Waals surface area contributed by atoms with Crippen LogP contribution in [0.2, 0.25) is 0 Å². The van der Waals surface area contributed by atoms with Crippen LogP contribution in [0.25, 0.3) is 0 Å². The van der Waals surface area contributed by atoms with Gasteiger partial charge in [-0.1, -0.05) is 18.2 Å². The Hall–Kier alpha value is -1.51. The molecule has 0 atom stereocenters. The topological polar surface area (TPSA) is 35.5 Å². The second-order valence-corrected chi connectivity index (χ2v) is 2.68. The van der Waals surface area contributed by atoms with Gasteiger partial charge < -0.3 is 9.47 Å². The summed E-state index contributed by atoms with van der Waals surface area (Å²) in [7, 11) is 0. The largest absolute Gasteiger partial charge is 0.482 e. The van der Waals surface area contributed by atoms with E-state index in [0.29, 0.717) is 18.8 Å². The molecular weight excluding hydrogens is 180 g/mol. The van der Waals surface area contributed by atoms with Crippen molar-refractivity contribution in [2.75, 3.05) is 13.2 Å². The standard InChI is InChI=1S/C11H13O3/c1-2-8-13-11(12)9-14-10-6-4-3-5-7-10/h3-7H,1-2,8-9H2. The van der Waals surface area contributed by atoms with E-state index < -0.39 is 0 Å². The first-order valence-electron chi connectivity index (χ1n) is 4.45. The number of rotatable bonds is 5. The van der Waals surface area contributed by atoms with Crippen LogP contribution in [0, 0.1) is 6.92 Å². The van der Waals surface area contributed by atoms with Crippen LogP contribution < -0.4 is 4.74 Å². The number of ether oxygens (including phenoxy) is 2. The van der Waals surface area contributed by atoms with Gasteiger partial charge in [0.1, 0.15) is 5.75 Å². The SMILES string of the molecule is [CH2]CCOC(=O)COc1ccccc1. The monoisotopic (exact) mass is 193 g/mol. The highest BCUT2D eigenvalue weighted by molar-refractivity contribution is 5.71. The molecule has 3 heteroatoms. The quantitative estimate of drug-likeness (QED) is 0.669. The van der Waals surface area contributed by atoms with E-state index >= 15 is 0 Å². The molecule has 0 amide bonds. The van der Waals surface area contributed by atoms with Crippen LogP contribution in [0.15, 0.2) is 30.3 Å². The van der Waals surface area contributed by atoms with Gasteiger partial charge in [-0.25, -0.2) is 4.79 Å². The van der Waals surface area contributed by atoms with E-state index in [0.717, 1.165) is 0 Å². The minimum Gasteiger partial charge on any atom is -0.482 e. The fourth-order valence-electron chi connectivity index (χ4n) is 0.887. The summed E-state index contributed by atoms with van der Waals surface area (Å²) in [6.45, 7) is 3.85. The van der Waals surface area contributed by atoms with Gasteiger partial charge >= 0.3 is 5.97 Å². The Kier molecular flexibility index (Phi) is 4.55. The van der Waals surface area contributed by atoms with E-state index in [1.807, 2.05) is 18.2 Å². The highest BCUT2D eigenvalue weighted by Crippen LogP contribution is 2.07. The Morgan fingerprint density at radius 3 is 2.64 bits per heavy atom. The van der Waals surface area contributed by atoms with Crippen molar-refractivity contribution in [2.45, 2.75) is 6.42 Å². The van der Waals surface area contributed by atoms with Gasteiger partial charge in [0.2, 0.25) is 0 Å². The lowest BCUT2D eigenvalue weighted by atomic mass is 10.3. The third-order valence-electron chi connectivity index (χ3n) is 1.51. The lowest BCUT2D eigenvalue weighted by Gasteiger charge is -2.05. The van der Waals surface area contributed by atoms with Gasteiger partial charge in [0.25, 0.3) is 0 Å². The van der Waals surface area contributed by atoms with Gasteiger partial charge in [0.15, 0.2) is 6.61 Å². The third-order valence-corrected chi connectivity index (χ3v) is 1.51. The third kappa shape index (κ3) is 3.94. The molecule has 1 aromatic carbocycles. The second-order valence-electron chi connectivity index (χ2n) is 2.68. The molecule has 0 bridgehead atoms. The molecular formula is C11H13O3. The number of carbonyl (C=O) groups excluding carboxylic acids is 1. The van der Waals surface area contributed by atoms with Gasteiger partial charge in [-0.05, 0) is 25.5 Å². The van der Waals surface area contributed by atoms with Crippen LogP contribution in [-0.2, 0) is 9.53 Å². The van der Waals surface area contributed by atoms with Crippen LogP contribution in [0.1, 0.15) is 6.42 Å². The summed E-state index contributed by atoms with van der Waals surface area (Å²) < 4.78 is 9.96. The maximum Gasteiger partial charge on any atom is 0.344 e. The van der Waals surface area contributed by atoms with Crippen molar-refractivity contribution >= 4 is 5.97 Å². The van der Waals surface area contributed by atoms with E-state index in [4.69, 9.17) is 9.47 Å². The lowest BCUT2D eigenvalue weighted by Crippen LogP contribution is -2.15. The molecule has 75 valence electrons. The predicted octanol–water partition coefficient (Wildman–Crippen LogP) is 1.83. The van der Waals surface area contributed by atoms with Gasteiger partial charge in [-0.2, -0.15) is 0 Å². The van der Waals surface area contributed by atoms with E-state index in [9.17, 15) is 4.79 Å². The maximum atomic E-state index is 11.0. The fourth-order valence-corrected chi connectivity index (χ4v) is 0.887. The first-order chi connectivity index (χ1) is 6.83. The molecule has 0 aliphatic rings. The van der Waals surface area contributed by atoms with Crippen molar-refractivity contribution in [2.24, 2.45) is 0 Å². The van der Waals surface area contributed by atoms with Crippen molar-refractivity contribution in [3.8, 4) is 5.75 Å². The Labute approximate surface area is 83.6 Å². The average Bonchev–Trinajstić information content (AvgIpc) is 2.25. The summed E-state index contributed by atoms with van der Waals surface area (Å²) >= 11 is 0. The van der Waals surface area contributed by atoms with Gasteiger partial charge in [0.05, 0.1) is 6.61 Å². The highest BCUT2D eigenvalue weighted by Gasteiger charge is 2.02. The summed E-state index contributed by atoms with van der Waals surface area (Å²) in [5.41, 5.74) is 0. The molecule has 0 spiro atoms. The van der Waals surface area contributed by atoms with Crippen LogP contribution >= 0.6 is 0 Å². The number of hydrogen-bond acceptors (Lipinski definition) is 3. The zero-order valence-corrected chi connectivity index (χ0v) is 7.94. The molecule has 0 saturated carbocycles. The zero-order chi connectivity index (χ0) is 10.2. The molecule has 0 unspecified atom stereocenters. The number of hydrogen-bond donors (Lipinski definition) is 0. The summed E-state index contributed by atoms with van der Waals surface area (Å²) in [4.78, 5) is 11.0. The van der Waals surface area contributed by atoms with Crippen molar-refractivity contribution in [3.05, 3.63) is 37.3 Å². The van der Waals surface area contributed by atoms with Crippen LogP contribution in [-0.4, -0.2) is 19.2 Å². The highest BCUT2D eigenvalue weighted by atomic mass is 16.6. The molecule has 1 radical (unpaired) electrons. The fraction of sp³-hybridized carbons (Fsp3) is 0.273. The normalized spacial score (nSPS) is 9.50. The predicted molar refractivity (Wildman–Crippen MR) is 52.9 cm³/mol. The number of benzene rings is 1. The molecule has 0 aliphatic carbocycles. The molecule has 14 heavy (non-hydrogen) atoms. The van der Waals surface area contributed by atoms with Gasteiger partial charge in [0, 0.05) is 0 Å². The number of esters is 1. The molecule has 0 fully saturated rings. The minimum absolute atomic E-state index is 0.0516. The summed E-state index contributed by atoms with van der Waals surface area (Å²) in [5, 5.41) is 0. The number of carbonyl (C=O) groups is 1. The summed E-state index contributed by atoms with van der Waals surface area (Å²) in [5.74, 6) is 0.302. The van der Waals surface area contributed by atoms with E-state index in [-0.39, 0.29) is 12.6 Å². The van der Waals surface area contributed by atoms with Crippen molar-refractivity contribution < 1.29 is 14.3 Å². The van der Waals surface area contributed by atoms with Gasteiger partial charge in [-0.15, -0.1) is 0 Å². The minimum atomic E-state index is -0.363. The summed E-state index contributed by atoms with van der Waals surface area (Å²) in [6.07, 6.45) is 0.580. The van der Waals surface area contributed by atoms with Crippen LogP contribution in [0.5, 0.6) is 5.75 Å².